The lowest BCUT2D eigenvalue weighted by atomic mass is 9.86. The maximum Gasteiger partial charge on any atom is 0.305 e. The average Bonchev–Trinajstić information content (AvgIpc) is 2.76. The Hall–Kier alpha value is -1.14. The van der Waals surface area contributed by atoms with Crippen LogP contribution in [0.25, 0.3) is 0 Å². The molecule has 1 amide bonds. The van der Waals surface area contributed by atoms with Crippen LogP contribution in [0.2, 0.25) is 0 Å². The highest BCUT2D eigenvalue weighted by molar-refractivity contribution is 5.82. The molecule has 0 aromatic heterocycles. The Morgan fingerprint density at radius 2 is 2.00 bits per heavy atom. The molecular weight excluding hydrogens is 250 g/mol. The van der Waals surface area contributed by atoms with E-state index in [2.05, 4.69) is 5.32 Å². The van der Waals surface area contributed by atoms with Crippen LogP contribution < -0.4 is 5.32 Å². The lowest BCUT2D eigenvalue weighted by molar-refractivity contribution is -0.142. The molecular formula is C13H21NO5. The number of ether oxygens (including phenoxy) is 2. The molecule has 108 valence electrons. The van der Waals surface area contributed by atoms with Gasteiger partial charge < -0.3 is 19.9 Å². The fraction of sp³-hybridized carbons (Fsp3) is 0.846. The van der Waals surface area contributed by atoms with Crippen LogP contribution in [-0.2, 0) is 19.1 Å². The molecule has 0 spiro atoms. The molecule has 2 unspecified atom stereocenters. The Kier molecular flexibility index (Phi) is 4.42. The van der Waals surface area contributed by atoms with Crippen LogP contribution in [0, 0.1) is 0 Å². The van der Waals surface area contributed by atoms with Crippen LogP contribution in [0.4, 0.5) is 0 Å². The standard InChI is InChI=1S/C13H21NO5/c1-9-2-3-10(19-9)12(17)14-13(8-11(15)16)4-6-18-7-5-13/h9-10H,2-8H2,1H3,(H,14,17)(H,15,16). The van der Waals surface area contributed by atoms with E-state index in [0.717, 1.165) is 6.42 Å². The largest absolute Gasteiger partial charge is 0.481 e. The number of hydrogen-bond acceptors (Lipinski definition) is 4. The lowest BCUT2D eigenvalue weighted by Gasteiger charge is -2.37. The zero-order chi connectivity index (χ0) is 13.9. The third-order valence-electron chi connectivity index (χ3n) is 3.85. The normalized spacial score (nSPS) is 29.9. The van der Waals surface area contributed by atoms with E-state index in [9.17, 15) is 9.59 Å². The van der Waals surface area contributed by atoms with Gasteiger partial charge in [-0.2, -0.15) is 0 Å². The van der Waals surface area contributed by atoms with E-state index in [1.54, 1.807) is 0 Å². The van der Waals surface area contributed by atoms with Gasteiger partial charge in [0.1, 0.15) is 6.10 Å². The molecule has 0 saturated carbocycles. The van der Waals surface area contributed by atoms with Crippen molar-refractivity contribution in [1.29, 1.82) is 0 Å². The van der Waals surface area contributed by atoms with Crippen molar-refractivity contribution >= 4 is 11.9 Å². The first kappa shape index (κ1) is 14.3. The summed E-state index contributed by atoms with van der Waals surface area (Å²) in [6.45, 7) is 2.90. The average molecular weight is 271 g/mol. The van der Waals surface area contributed by atoms with E-state index in [0.29, 0.717) is 32.5 Å². The molecule has 2 N–H and O–H groups in total. The number of carbonyl (C=O) groups excluding carboxylic acids is 1. The minimum atomic E-state index is -0.900. The fourth-order valence-corrected chi connectivity index (χ4v) is 2.73. The van der Waals surface area contributed by atoms with Crippen LogP contribution >= 0.6 is 0 Å². The van der Waals surface area contributed by atoms with Crippen molar-refractivity contribution < 1.29 is 24.2 Å². The summed E-state index contributed by atoms with van der Waals surface area (Å²) in [7, 11) is 0. The quantitative estimate of drug-likeness (QED) is 0.786. The predicted octanol–water partition coefficient (Wildman–Crippen LogP) is 0.694. The summed E-state index contributed by atoms with van der Waals surface area (Å²) in [4.78, 5) is 23.2. The Morgan fingerprint density at radius 3 is 2.53 bits per heavy atom. The summed E-state index contributed by atoms with van der Waals surface area (Å²) < 4.78 is 10.8. The molecule has 19 heavy (non-hydrogen) atoms. The molecule has 0 bridgehead atoms. The molecule has 0 radical (unpaired) electrons. The van der Waals surface area contributed by atoms with Crippen molar-refractivity contribution in [1.82, 2.24) is 5.32 Å². The van der Waals surface area contributed by atoms with Gasteiger partial charge in [-0.3, -0.25) is 9.59 Å². The number of carboxylic acid groups (broad SMARTS) is 1. The summed E-state index contributed by atoms with van der Waals surface area (Å²) in [6, 6.07) is 0. The van der Waals surface area contributed by atoms with Crippen LogP contribution in [0.15, 0.2) is 0 Å². The van der Waals surface area contributed by atoms with E-state index < -0.39 is 17.6 Å². The first-order valence-electron chi connectivity index (χ1n) is 6.78. The number of carboxylic acids is 1. The second-order valence-corrected chi connectivity index (χ2v) is 5.47. The van der Waals surface area contributed by atoms with E-state index >= 15 is 0 Å². The molecule has 2 rings (SSSR count). The Bertz CT molecular complexity index is 351. The van der Waals surface area contributed by atoms with Gasteiger partial charge in [0.25, 0.3) is 0 Å². The Labute approximate surface area is 112 Å². The van der Waals surface area contributed by atoms with Gasteiger partial charge in [-0.1, -0.05) is 0 Å². The maximum atomic E-state index is 12.2. The first-order valence-corrected chi connectivity index (χ1v) is 6.78. The zero-order valence-corrected chi connectivity index (χ0v) is 11.2. The highest BCUT2D eigenvalue weighted by atomic mass is 16.5. The third kappa shape index (κ3) is 3.67. The van der Waals surface area contributed by atoms with Crippen molar-refractivity contribution in [3.05, 3.63) is 0 Å². The summed E-state index contributed by atoms with van der Waals surface area (Å²) in [5, 5.41) is 11.9. The second-order valence-electron chi connectivity index (χ2n) is 5.47. The number of carbonyl (C=O) groups is 2. The minimum absolute atomic E-state index is 0.0651. The molecule has 0 aliphatic carbocycles. The fourth-order valence-electron chi connectivity index (χ4n) is 2.73. The summed E-state index contributed by atoms with van der Waals surface area (Å²) in [6.07, 6.45) is 2.23. The molecule has 2 atom stereocenters. The highest BCUT2D eigenvalue weighted by Crippen LogP contribution is 2.26. The molecule has 2 aliphatic heterocycles. The van der Waals surface area contributed by atoms with Crippen molar-refractivity contribution in [3.63, 3.8) is 0 Å². The molecule has 6 heteroatoms. The molecule has 2 heterocycles. The van der Waals surface area contributed by atoms with Crippen molar-refractivity contribution in [3.8, 4) is 0 Å². The van der Waals surface area contributed by atoms with Crippen LogP contribution in [0.3, 0.4) is 0 Å². The predicted molar refractivity (Wildman–Crippen MR) is 66.7 cm³/mol. The third-order valence-corrected chi connectivity index (χ3v) is 3.85. The highest BCUT2D eigenvalue weighted by Gasteiger charge is 2.39. The zero-order valence-electron chi connectivity index (χ0n) is 11.2. The van der Waals surface area contributed by atoms with Gasteiger partial charge in [0.05, 0.1) is 18.1 Å². The van der Waals surface area contributed by atoms with E-state index in [1.807, 2.05) is 6.92 Å². The van der Waals surface area contributed by atoms with Gasteiger partial charge in [0.15, 0.2) is 0 Å². The van der Waals surface area contributed by atoms with Gasteiger partial charge in [-0.05, 0) is 32.6 Å². The van der Waals surface area contributed by atoms with Crippen molar-refractivity contribution in [2.45, 2.75) is 56.8 Å². The first-order chi connectivity index (χ1) is 9.01. The summed E-state index contributed by atoms with van der Waals surface area (Å²) in [5.41, 5.74) is -0.684. The van der Waals surface area contributed by atoms with Gasteiger partial charge in [0.2, 0.25) is 5.91 Å². The number of aliphatic carboxylic acids is 1. The topological polar surface area (TPSA) is 84.9 Å². The molecule has 0 aromatic rings. The van der Waals surface area contributed by atoms with Crippen LogP contribution in [-0.4, -0.2) is 47.9 Å². The monoisotopic (exact) mass is 271 g/mol. The van der Waals surface area contributed by atoms with Crippen molar-refractivity contribution in [2.24, 2.45) is 0 Å². The number of nitrogens with one attached hydrogen (secondary N) is 1. The lowest BCUT2D eigenvalue weighted by Crippen LogP contribution is -2.55. The van der Waals surface area contributed by atoms with Gasteiger partial charge in [-0.15, -0.1) is 0 Å². The maximum absolute atomic E-state index is 12.2. The van der Waals surface area contributed by atoms with E-state index in [1.165, 1.54) is 0 Å². The van der Waals surface area contributed by atoms with Gasteiger partial charge in [0, 0.05) is 13.2 Å². The summed E-state index contributed by atoms with van der Waals surface area (Å²) in [5.74, 6) is -1.09. The molecule has 2 aliphatic rings. The Morgan fingerprint density at radius 1 is 1.32 bits per heavy atom. The van der Waals surface area contributed by atoms with Crippen LogP contribution in [0.5, 0.6) is 0 Å². The van der Waals surface area contributed by atoms with E-state index in [4.69, 9.17) is 14.6 Å². The number of amides is 1. The number of hydrogen-bond donors (Lipinski definition) is 2. The van der Waals surface area contributed by atoms with Gasteiger partial charge >= 0.3 is 5.97 Å². The SMILES string of the molecule is CC1CCC(C(=O)NC2(CC(=O)O)CCOCC2)O1. The Balaban J connectivity index is 1.99. The molecule has 0 aromatic carbocycles. The van der Waals surface area contributed by atoms with Crippen LogP contribution in [0.1, 0.15) is 39.0 Å². The smallest absolute Gasteiger partial charge is 0.305 e. The van der Waals surface area contributed by atoms with Gasteiger partial charge in [-0.25, -0.2) is 0 Å². The van der Waals surface area contributed by atoms with E-state index in [-0.39, 0.29) is 18.4 Å². The number of rotatable bonds is 4. The second kappa shape index (κ2) is 5.88. The molecule has 2 fully saturated rings. The molecule has 6 nitrogen and oxygen atoms in total. The van der Waals surface area contributed by atoms with Crippen molar-refractivity contribution in [2.75, 3.05) is 13.2 Å². The minimum Gasteiger partial charge on any atom is -0.481 e. The summed E-state index contributed by atoms with van der Waals surface area (Å²) >= 11 is 0. The molecule has 2 saturated heterocycles.